The van der Waals surface area contributed by atoms with Crippen molar-refractivity contribution in [1.29, 1.82) is 0 Å². The van der Waals surface area contributed by atoms with Crippen LogP contribution in [-0.2, 0) is 12.7 Å². The topological polar surface area (TPSA) is 81.1 Å². The summed E-state index contributed by atoms with van der Waals surface area (Å²) in [5.74, 6) is -0.137. The third kappa shape index (κ3) is 4.82. The van der Waals surface area contributed by atoms with E-state index < -0.39 is 23.7 Å². The van der Waals surface area contributed by atoms with Crippen molar-refractivity contribution in [3.05, 3.63) is 53.2 Å². The molecule has 25 heavy (non-hydrogen) atoms. The third-order valence-electron chi connectivity index (χ3n) is 4.00. The van der Waals surface area contributed by atoms with E-state index in [1.54, 1.807) is 0 Å². The van der Waals surface area contributed by atoms with Gasteiger partial charge in [-0.3, -0.25) is 4.79 Å². The normalized spacial score (nSPS) is 14.2. The van der Waals surface area contributed by atoms with Crippen molar-refractivity contribution in [1.82, 2.24) is 10.3 Å². The predicted molar refractivity (Wildman–Crippen MR) is 85.5 cm³/mol. The summed E-state index contributed by atoms with van der Waals surface area (Å²) < 4.78 is 43.3. The number of benzene rings is 1. The number of oxazole rings is 1. The Morgan fingerprint density at radius 3 is 2.76 bits per heavy atom. The number of rotatable bonds is 6. The van der Waals surface area contributed by atoms with Crippen molar-refractivity contribution in [2.45, 2.75) is 39.0 Å². The minimum Gasteiger partial charge on any atom is -0.446 e. The zero-order chi connectivity index (χ0) is 18.6. The Bertz CT molecular complexity index is 728. The molecule has 0 fully saturated rings. The Kier molecular flexibility index (Phi) is 5.84. The minimum atomic E-state index is -4.42. The molecule has 2 unspecified atom stereocenters. The zero-order valence-corrected chi connectivity index (χ0v) is 13.9. The van der Waals surface area contributed by atoms with Gasteiger partial charge in [0.15, 0.2) is 5.69 Å². The summed E-state index contributed by atoms with van der Waals surface area (Å²) >= 11 is 0. The van der Waals surface area contributed by atoms with E-state index in [-0.39, 0.29) is 24.0 Å². The molecule has 0 radical (unpaired) electrons. The number of carbonyl (C=O) groups is 1. The van der Waals surface area contributed by atoms with Crippen molar-refractivity contribution in [2.24, 2.45) is 11.7 Å². The Morgan fingerprint density at radius 1 is 1.40 bits per heavy atom. The molecule has 0 bridgehead atoms. The van der Waals surface area contributed by atoms with Gasteiger partial charge < -0.3 is 15.5 Å². The molecule has 2 aromatic rings. The van der Waals surface area contributed by atoms with Gasteiger partial charge in [0.1, 0.15) is 6.26 Å². The van der Waals surface area contributed by atoms with Gasteiger partial charge in [-0.1, -0.05) is 32.4 Å². The van der Waals surface area contributed by atoms with Crippen LogP contribution in [0.15, 0.2) is 34.9 Å². The fourth-order valence-electron chi connectivity index (χ4n) is 2.17. The number of nitrogens with zero attached hydrogens (tertiary/aromatic N) is 1. The molecule has 1 aromatic heterocycles. The molecular weight excluding hydrogens is 335 g/mol. The second kappa shape index (κ2) is 7.69. The Labute approximate surface area is 143 Å². The van der Waals surface area contributed by atoms with E-state index >= 15 is 0 Å². The Hall–Kier alpha value is -2.35. The first kappa shape index (κ1) is 19.0. The SMILES string of the molecule is CCC(C)C(N)c1nc(C(=O)NCc2cccc(C(F)(F)F)c2)co1. The Morgan fingerprint density at radius 2 is 2.12 bits per heavy atom. The second-order valence-corrected chi connectivity index (χ2v) is 5.86. The summed E-state index contributed by atoms with van der Waals surface area (Å²) in [6.45, 7) is 3.88. The lowest BCUT2D eigenvalue weighted by Crippen LogP contribution is -2.24. The smallest absolute Gasteiger partial charge is 0.416 e. The largest absolute Gasteiger partial charge is 0.446 e. The van der Waals surface area contributed by atoms with Gasteiger partial charge in [-0.05, 0) is 23.6 Å². The summed E-state index contributed by atoms with van der Waals surface area (Å²) in [6.07, 6.45) is -2.40. The van der Waals surface area contributed by atoms with Gasteiger partial charge in [0.05, 0.1) is 11.6 Å². The van der Waals surface area contributed by atoms with Crippen LogP contribution in [-0.4, -0.2) is 10.9 Å². The monoisotopic (exact) mass is 355 g/mol. The van der Waals surface area contributed by atoms with E-state index in [0.717, 1.165) is 18.6 Å². The van der Waals surface area contributed by atoms with Gasteiger partial charge in [-0.15, -0.1) is 0 Å². The molecule has 0 aliphatic heterocycles. The van der Waals surface area contributed by atoms with Gasteiger partial charge >= 0.3 is 6.18 Å². The van der Waals surface area contributed by atoms with E-state index in [9.17, 15) is 18.0 Å². The molecule has 8 heteroatoms. The molecule has 5 nitrogen and oxygen atoms in total. The van der Waals surface area contributed by atoms with Crippen LogP contribution in [0.4, 0.5) is 13.2 Å². The fraction of sp³-hybridized carbons (Fsp3) is 0.412. The van der Waals surface area contributed by atoms with Crippen LogP contribution < -0.4 is 11.1 Å². The third-order valence-corrected chi connectivity index (χ3v) is 4.00. The maximum absolute atomic E-state index is 12.7. The lowest BCUT2D eigenvalue weighted by atomic mass is 10.0. The first-order chi connectivity index (χ1) is 11.7. The van der Waals surface area contributed by atoms with Crippen molar-refractivity contribution in [3.8, 4) is 0 Å². The summed E-state index contributed by atoms with van der Waals surface area (Å²) in [7, 11) is 0. The van der Waals surface area contributed by atoms with Crippen LogP contribution in [0, 0.1) is 5.92 Å². The number of carbonyl (C=O) groups excluding carboxylic acids is 1. The van der Waals surface area contributed by atoms with Gasteiger partial charge in [-0.2, -0.15) is 13.2 Å². The quantitative estimate of drug-likeness (QED) is 0.828. The number of nitrogens with two attached hydrogens (primary N) is 1. The number of aromatic nitrogens is 1. The average molecular weight is 355 g/mol. The van der Waals surface area contributed by atoms with Gasteiger partial charge in [0, 0.05) is 6.54 Å². The highest BCUT2D eigenvalue weighted by Gasteiger charge is 2.30. The van der Waals surface area contributed by atoms with Crippen LogP contribution in [0.1, 0.15) is 53.8 Å². The molecule has 0 saturated heterocycles. The molecule has 0 aliphatic rings. The van der Waals surface area contributed by atoms with Crippen LogP contribution in [0.2, 0.25) is 0 Å². The molecular formula is C17H20F3N3O2. The number of nitrogens with one attached hydrogen (secondary N) is 1. The molecule has 2 rings (SSSR count). The summed E-state index contributed by atoms with van der Waals surface area (Å²) in [6, 6.07) is 4.35. The van der Waals surface area contributed by atoms with E-state index in [4.69, 9.17) is 10.2 Å². The van der Waals surface area contributed by atoms with Crippen molar-refractivity contribution in [3.63, 3.8) is 0 Å². The van der Waals surface area contributed by atoms with Crippen LogP contribution >= 0.6 is 0 Å². The lowest BCUT2D eigenvalue weighted by Gasteiger charge is -2.13. The molecule has 1 amide bonds. The second-order valence-electron chi connectivity index (χ2n) is 5.86. The van der Waals surface area contributed by atoms with Crippen molar-refractivity contribution >= 4 is 5.91 Å². The van der Waals surface area contributed by atoms with Gasteiger partial charge in [-0.25, -0.2) is 4.98 Å². The maximum Gasteiger partial charge on any atom is 0.416 e. The summed E-state index contributed by atoms with van der Waals surface area (Å²) in [5, 5.41) is 2.52. The molecule has 0 saturated carbocycles. The van der Waals surface area contributed by atoms with Gasteiger partial charge in [0.2, 0.25) is 5.89 Å². The molecule has 1 aromatic carbocycles. The van der Waals surface area contributed by atoms with E-state index in [1.165, 1.54) is 18.4 Å². The number of hydrogen-bond donors (Lipinski definition) is 2. The molecule has 3 N–H and O–H groups in total. The highest BCUT2D eigenvalue weighted by Crippen LogP contribution is 2.29. The number of amides is 1. The first-order valence-corrected chi connectivity index (χ1v) is 7.87. The average Bonchev–Trinajstić information content (AvgIpc) is 3.08. The number of halogens is 3. The highest BCUT2D eigenvalue weighted by molar-refractivity contribution is 5.91. The van der Waals surface area contributed by atoms with Crippen molar-refractivity contribution in [2.75, 3.05) is 0 Å². The maximum atomic E-state index is 12.7. The molecule has 1 heterocycles. The molecule has 136 valence electrons. The standard InChI is InChI=1S/C17H20F3N3O2/c1-3-10(2)14(21)16-23-13(9-25-16)15(24)22-8-11-5-4-6-12(7-11)17(18,19)20/h4-7,9-10,14H,3,8,21H2,1-2H3,(H,22,24). The van der Waals surface area contributed by atoms with Crippen LogP contribution in [0.25, 0.3) is 0 Å². The van der Waals surface area contributed by atoms with Crippen molar-refractivity contribution < 1.29 is 22.4 Å². The lowest BCUT2D eigenvalue weighted by molar-refractivity contribution is -0.137. The van der Waals surface area contributed by atoms with Gasteiger partial charge in [0.25, 0.3) is 5.91 Å². The van der Waals surface area contributed by atoms with Crippen LogP contribution in [0.3, 0.4) is 0 Å². The molecule has 0 spiro atoms. The highest BCUT2D eigenvalue weighted by atomic mass is 19.4. The number of alkyl halides is 3. The van der Waals surface area contributed by atoms with E-state index in [2.05, 4.69) is 10.3 Å². The number of hydrogen-bond acceptors (Lipinski definition) is 4. The predicted octanol–water partition coefficient (Wildman–Crippen LogP) is 3.67. The summed E-state index contributed by atoms with van der Waals surface area (Å²) in [4.78, 5) is 16.1. The zero-order valence-electron chi connectivity index (χ0n) is 13.9. The van der Waals surface area contributed by atoms with E-state index in [0.29, 0.717) is 5.56 Å². The summed E-state index contributed by atoms with van der Waals surface area (Å²) in [5.41, 5.74) is 5.61. The first-order valence-electron chi connectivity index (χ1n) is 7.87. The fourth-order valence-corrected chi connectivity index (χ4v) is 2.17. The molecule has 0 aliphatic carbocycles. The minimum absolute atomic E-state index is 0.0423. The Balaban J connectivity index is 2.00. The molecule has 2 atom stereocenters. The van der Waals surface area contributed by atoms with E-state index in [1.807, 2.05) is 13.8 Å². The van der Waals surface area contributed by atoms with Crippen LogP contribution in [0.5, 0.6) is 0 Å².